The number of rotatable bonds is 0. The molecule has 0 spiro atoms. The Morgan fingerprint density at radius 3 is 1.86 bits per heavy atom. The van der Waals surface area contributed by atoms with Crippen molar-refractivity contribution >= 4 is 23.5 Å². The molecule has 0 aromatic heterocycles. The number of hydrogen-bond acceptors (Lipinski definition) is 3. The molecule has 0 aliphatic carbocycles. The lowest BCUT2D eigenvalue weighted by atomic mass is 10.7. The summed E-state index contributed by atoms with van der Waals surface area (Å²) in [6, 6.07) is 0. The normalized spacial score (nSPS) is 48.0. The van der Waals surface area contributed by atoms with Gasteiger partial charge in [0, 0.05) is 11.5 Å². The second-order valence-electron chi connectivity index (χ2n) is 1.81. The van der Waals surface area contributed by atoms with Gasteiger partial charge in [-0.15, -0.1) is 23.5 Å². The van der Waals surface area contributed by atoms with Crippen LogP contribution in [0.15, 0.2) is 0 Å². The average Bonchev–Trinajstić information content (AvgIpc) is 2.22. The van der Waals surface area contributed by atoms with Gasteiger partial charge < -0.3 is 0 Å². The first-order valence-electron chi connectivity index (χ1n) is 2.44. The minimum Gasteiger partial charge on any atom is -0.292 e. The molecule has 0 aromatic rings. The average molecular weight is 133 g/mol. The second kappa shape index (κ2) is 1.57. The number of nitrogens with one attached hydrogen (secondary N) is 1. The van der Waals surface area contributed by atoms with Crippen molar-refractivity contribution in [3.8, 4) is 0 Å². The molecule has 2 fully saturated rings. The van der Waals surface area contributed by atoms with E-state index in [1.807, 2.05) is 0 Å². The van der Waals surface area contributed by atoms with Crippen molar-refractivity contribution in [2.24, 2.45) is 0 Å². The molecular formula is C4H7NS2. The van der Waals surface area contributed by atoms with Crippen LogP contribution in [0.2, 0.25) is 0 Å². The zero-order valence-corrected chi connectivity index (χ0v) is 5.52. The highest BCUT2D eigenvalue weighted by atomic mass is 32.2. The molecule has 7 heavy (non-hydrogen) atoms. The van der Waals surface area contributed by atoms with Gasteiger partial charge >= 0.3 is 0 Å². The second-order valence-corrected chi connectivity index (χ2v) is 4.28. The zero-order chi connectivity index (χ0) is 4.69. The third kappa shape index (κ3) is 0.673. The third-order valence-corrected chi connectivity index (χ3v) is 4.15. The van der Waals surface area contributed by atoms with Crippen LogP contribution >= 0.6 is 23.5 Å². The van der Waals surface area contributed by atoms with Crippen LogP contribution in [0.4, 0.5) is 0 Å². The Hall–Kier alpha value is 0.660. The van der Waals surface area contributed by atoms with E-state index >= 15 is 0 Å². The number of hydrogen-bond donors (Lipinski definition) is 1. The summed E-state index contributed by atoms with van der Waals surface area (Å²) in [7, 11) is 0. The van der Waals surface area contributed by atoms with Crippen LogP contribution in [-0.4, -0.2) is 22.3 Å². The minimum atomic E-state index is 0.801. The Bertz CT molecular complexity index is 67.8. The Morgan fingerprint density at radius 2 is 1.71 bits per heavy atom. The summed E-state index contributed by atoms with van der Waals surface area (Å²) in [4.78, 5) is 0. The molecule has 2 heterocycles. The lowest BCUT2D eigenvalue weighted by molar-refractivity contribution is 0.767. The van der Waals surface area contributed by atoms with Crippen molar-refractivity contribution < 1.29 is 0 Å². The Kier molecular flexibility index (Phi) is 1.02. The van der Waals surface area contributed by atoms with Gasteiger partial charge in [-0.3, -0.25) is 5.32 Å². The highest BCUT2D eigenvalue weighted by molar-refractivity contribution is 8.07. The van der Waals surface area contributed by atoms with Crippen molar-refractivity contribution in [1.82, 2.24) is 5.32 Å². The van der Waals surface area contributed by atoms with Crippen molar-refractivity contribution in [3.63, 3.8) is 0 Å². The number of thioether (sulfide) groups is 2. The van der Waals surface area contributed by atoms with Crippen molar-refractivity contribution in [3.05, 3.63) is 0 Å². The first-order valence-corrected chi connectivity index (χ1v) is 4.54. The quantitative estimate of drug-likeness (QED) is 0.523. The molecular weight excluding hydrogens is 126 g/mol. The van der Waals surface area contributed by atoms with Crippen molar-refractivity contribution in [1.29, 1.82) is 0 Å². The summed E-state index contributed by atoms with van der Waals surface area (Å²) in [6.07, 6.45) is 0. The Balaban J connectivity index is 2.12. The fourth-order valence-corrected chi connectivity index (χ4v) is 3.76. The first kappa shape index (κ1) is 4.53. The molecule has 1 N–H and O–H groups in total. The highest BCUT2D eigenvalue weighted by Crippen LogP contribution is 2.34. The topological polar surface area (TPSA) is 12.0 Å². The van der Waals surface area contributed by atoms with E-state index < -0.39 is 0 Å². The van der Waals surface area contributed by atoms with Gasteiger partial charge in [-0.05, 0) is 0 Å². The molecule has 2 bridgehead atoms. The third-order valence-electron chi connectivity index (χ3n) is 1.27. The Morgan fingerprint density at radius 1 is 1.14 bits per heavy atom. The van der Waals surface area contributed by atoms with Crippen LogP contribution in [0.1, 0.15) is 0 Å². The van der Waals surface area contributed by atoms with Gasteiger partial charge in [0.05, 0.1) is 10.7 Å². The monoisotopic (exact) mass is 133 g/mol. The molecule has 2 rings (SSSR count). The summed E-state index contributed by atoms with van der Waals surface area (Å²) in [5.74, 6) is 2.66. The maximum Gasteiger partial charge on any atom is 0.0634 e. The summed E-state index contributed by atoms with van der Waals surface area (Å²) in [5.41, 5.74) is 0. The molecule has 0 aromatic carbocycles. The molecule has 0 radical (unpaired) electrons. The van der Waals surface area contributed by atoms with Gasteiger partial charge in [0.1, 0.15) is 0 Å². The van der Waals surface area contributed by atoms with Crippen LogP contribution in [0.25, 0.3) is 0 Å². The van der Waals surface area contributed by atoms with Gasteiger partial charge in [-0.2, -0.15) is 0 Å². The SMILES string of the molecule is C1SC2CSC1N2. The fraction of sp³-hybridized carbons (Fsp3) is 1.00. The van der Waals surface area contributed by atoms with E-state index in [4.69, 9.17) is 0 Å². The van der Waals surface area contributed by atoms with E-state index in [-0.39, 0.29) is 0 Å². The van der Waals surface area contributed by atoms with Gasteiger partial charge in [0.15, 0.2) is 0 Å². The van der Waals surface area contributed by atoms with E-state index in [1.54, 1.807) is 0 Å². The molecule has 0 amide bonds. The molecule has 2 saturated heterocycles. The van der Waals surface area contributed by atoms with E-state index in [2.05, 4.69) is 28.8 Å². The maximum atomic E-state index is 3.45. The fourth-order valence-electron chi connectivity index (χ4n) is 0.903. The molecule has 2 aliphatic rings. The highest BCUT2D eigenvalue weighted by Gasteiger charge is 2.31. The summed E-state index contributed by atoms with van der Waals surface area (Å²) >= 11 is 4.12. The first-order chi connectivity index (χ1) is 3.45. The Labute approximate surface area is 51.6 Å². The van der Waals surface area contributed by atoms with E-state index in [0.717, 1.165) is 10.7 Å². The van der Waals surface area contributed by atoms with Gasteiger partial charge in [0.25, 0.3) is 0 Å². The predicted molar refractivity (Wildman–Crippen MR) is 35.6 cm³/mol. The molecule has 40 valence electrons. The predicted octanol–water partition coefficient (Wildman–Crippen LogP) is 0.722. The van der Waals surface area contributed by atoms with Gasteiger partial charge in [-0.1, -0.05) is 0 Å². The van der Waals surface area contributed by atoms with E-state index in [1.165, 1.54) is 11.5 Å². The van der Waals surface area contributed by atoms with Crippen LogP contribution in [0, 0.1) is 0 Å². The number of fused-ring (bicyclic) bond motifs is 2. The molecule has 1 nitrogen and oxygen atoms in total. The van der Waals surface area contributed by atoms with Crippen LogP contribution < -0.4 is 5.32 Å². The molecule has 0 saturated carbocycles. The van der Waals surface area contributed by atoms with Gasteiger partial charge in [0.2, 0.25) is 0 Å². The van der Waals surface area contributed by atoms with Crippen molar-refractivity contribution in [2.75, 3.05) is 11.5 Å². The molecule has 3 heteroatoms. The van der Waals surface area contributed by atoms with E-state index in [9.17, 15) is 0 Å². The van der Waals surface area contributed by atoms with E-state index in [0.29, 0.717) is 0 Å². The van der Waals surface area contributed by atoms with Crippen LogP contribution in [0.3, 0.4) is 0 Å². The van der Waals surface area contributed by atoms with Gasteiger partial charge in [-0.25, -0.2) is 0 Å². The maximum absolute atomic E-state index is 3.45. The lowest BCUT2D eigenvalue weighted by Gasteiger charge is -2.02. The minimum absolute atomic E-state index is 0.801. The summed E-state index contributed by atoms with van der Waals surface area (Å²) in [6.45, 7) is 0. The van der Waals surface area contributed by atoms with Crippen LogP contribution in [0.5, 0.6) is 0 Å². The molecule has 2 unspecified atom stereocenters. The standard InChI is InChI=1S/C4H7NS2/c1-3-5-4(6-1)2-7-3/h3-5H,1-2H2. The van der Waals surface area contributed by atoms with Crippen molar-refractivity contribution in [2.45, 2.75) is 10.7 Å². The largest absolute Gasteiger partial charge is 0.292 e. The molecule has 2 atom stereocenters. The zero-order valence-electron chi connectivity index (χ0n) is 3.89. The van der Waals surface area contributed by atoms with Crippen LogP contribution in [-0.2, 0) is 0 Å². The summed E-state index contributed by atoms with van der Waals surface area (Å²) in [5, 5.41) is 5.06. The smallest absolute Gasteiger partial charge is 0.0634 e. The molecule has 2 aliphatic heterocycles. The summed E-state index contributed by atoms with van der Waals surface area (Å²) < 4.78 is 0. The lowest BCUT2D eigenvalue weighted by Crippen LogP contribution is -2.18.